The van der Waals surface area contributed by atoms with Gasteiger partial charge >= 0.3 is 0 Å². The number of hydrogen-bond donors (Lipinski definition) is 1. The Hall–Kier alpha value is -0.240. The van der Waals surface area contributed by atoms with Gasteiger partial charge in [0.05, 0.1) is 0 Å². The fourth-order valence-corrected chi connectivity index (χ4v) is 1.64. The molecule has 0 saturated carbocycles. The first-order chi connectivity index (χ1) is 7.41. The van der Waals surface area contributed by atoms with Gasteiger partial charge in [-0.05, 0) is 24.2 Å². The van der Waals surface area contributed by atoms with E-state index >= 15 is 0 Å². The van der Waals surface area contributed by atoms with Gasteiger partial charge in [0, 0.05) is 18.8 Å². The zero-order chi connectivity index (χ0) is 12.6. The van der Waals surface area contributed by atoms with Crippen LogP contribution in [0.15, 0.2) is 0 Å². The summed E-state index contributed by atoms with van der Waals surface area (Å²) in [6.45, 7) is 9.31. The minimum atomic E-state index is 0.153. The molecule has 2 nitrogen and oxygen atoms in total. The zero-order valence-electron chi connectivity index (χ0n) is 11.1. The van der Waals surface area contributed by atoms with Crippen LogP contribution in [-0.4, -0.2) is 18.3 Å². The quantitative estimate of drug-likeness (QED) is 0.653. The van der Waals surface area contributed by atoms with Gasteiger partial charge < -0.3 is 5.32 Å². The Bertz CT molecular complexity index is 204. The lowest BCUT2D eigenvalue weighted by atomic mass is 9.88. The van der Waals surface area contributed by atoms with Crippen molar-refractivity contribution in [3.05, 3.63) is 0 Å². The minimum absolute atomic E-state index is 0.153. The molecule has 96 valence electrons. The molecule has 0 bridgehead atoms. The summed E-state index contributed by atoms with van der Waals surface area (Å²) < 4.78 is 0. The third-order valence-corrected chi connectivity index (χ3v) is 3.25. The summed E-state index contributed by atoms with van der Waals surface area (Å²) in [5.41, 5.74) is 0.153. The second-order valence-electron chi connectivity index (χ2n) is 5.45. The van der Waals surface area contributed by atoms with Crippen LogP contribution in [0, 0.1) is 11.3 Å². The molecule has 0 saturated heterocycles. The van der Waals surface area contributed by atoms with E-state index in [9.17, 15) is 4.79 Å². The molecule has 0 aromatic carbocycles. The number of carbonyl (C=O) groups is 1. The third kappa shape index (κ3) is 7.98. The monoisotopic (exact) mass is 247 g/mol. The van der Waals surface area contributed by atoms with Crippen LogP contribution in [0.4, 0.5) is 0 Å². The lowest BCUT2D eigenvalue weighted by Crippen LogP contribution is -2.34. The standard InChI is InChI=1S/C13H26ClNO/c1-5-11(2)9-12(16)15-10-13(3,4)7-6-8-14/h11H,5-10H2,1-4H3,(H,15,16). The summed E-state index contributed by atoms with van der Waals surface area (Å²) in [5.74, 6) is 1.35. The molecule has 1 amide bonds. The number of nitrogens with one attached hydrogen (secondary N) is 1. The van der Waals surface area contributed by atoms with Crippen molar-refractivity contribution in [2.75, 3.05) is 12.4 Å². The summed E-state index contributed by atoms with van der Waals surface area (Å²) in [6.07, 6.45) is 3.76. The van der Waals surface area contributed by atoms with Crippen LogP contribution in [0.1, 0.15) is 53.4 Å². The zero-order valence-corrected chi connectivity index (χ0v) is 11.9. The van der Waals surface area contributed by atoms with Crippen LogP contribution in [-0.2, 0) is 4.79 Å². The molecule has 0 spiro atoms. The van der Waals surface area contributed by atoms with Gasteiger partial charge in [-0.15, -0.1) is 11.6 Å². The molecular formula is C13H26ClNO. The second-order valence-corrected chi connectivity index (χ2v) is 5.83. The first kappa shape index (κ1) is 15.8. The van der Waals surface area contributed by atoms with Gasteiger partial charge in [-0.1, -0.05) is 34.1 Å². The number of amides is 1. The SMILES string of the molecule is CCC(C)CC(=O)NCC(C)(C)CCCCl. The predicted octanol–water partition coefficient (Wildman–Crippen LogP) is 3.58. The van der Waals surface area contributed by atoms with Crippen LogP contribution in [0.5, 0.6) is 0 Å². The highest BCUT2D eigenvalue weighted by molar-refractivity contribution is 6.17. The van der Waals surface area contributed by atoms with E-state index in [1.807, 2.05) is 0 Å². The maximum Gasteiger partial charge on any atom is 0.220 e. The molecule has 3 heteroatoms. The first-order valence-electron chi connectivity index (χ1n) is 6.24. The normalized spacial score (nSPS) is 13.6. The summed E-state index contributed by atoms with van der Waals surface area (Å²) in [7, 11) is 0. The van der Waals surface area contributed by atoms with Gasteiger partial charge in [0.25, 0.3) is 0 Å². The minimum Gasteiger partial charge on any atom is -0.356 e. The highest BCUT2D eigenvalue weighted by Gasteiger charge is 2.18. The largest absolute Gasteiger partial charge is 0.356 e. The van der Waals surface area contributed by atoms with Crippen LogP contribution in [0.2, 0.25) is 0 Å². The van der Waals surface area contributed by atoms with Gasteiger partial charge in [0.2, 0.25) is 5.91 Å². The molecule has 0 aliphatic rings. The Morgan fingerprint density at radius 3 is 2.56 bits per heavy atom. The van der Waals surface area contributed by atoms with E-state index in [-0.39, 0.29) is 11.3 Å². The molecule has 0 heterocycles. The van der Waals surface area contributed by atoms with Crippen LogP contribution < -0.4 is 5.32 Å². The Balaban J connectivity index is 3.81. The van der Waals surface area contributed by atoms with E-state index < -0.39 is 0 Å². The molecule has 0 radical (unpaired) electrons. The summed E-state index contributed by atoms with van der Waals surface area (Å²) >= 11 is 5.67. The van der Waals surface area contributed by atoms with Crippen molar-refractivity contribution < 1.29 is 4.79 Å². The molecular weight excluding hydrogens is 222 g/mol. The Morgan fingerprint density at radius 1 is 1.44 bits per heavy atom. The van der Waals surface area contributed by atoms with E-state index in [2.05, 4.69) is 33.0 Å². The number of hydrogen-bond acceptors (Lipinski definition) is 1. The molecule has 0 fully saturated rings. The fraction of sp³-hybridized carbons (Fsp3) is 0.923. The summed E-state index contributed by atoms with van der Waals surface area (Å²) in [6, 6.07) is 0. The van der Waals surface area contributed by atoms with E-state index in [0.717, 1.165) is 25.8 Å². The van der Waals surface area contributed by atoms with Crippen LogP contribution >= 0.6 is 11.6 Å². The van der Waals surface area contributed by atoms with Crippen molar-refractivity contribution in [1.82, 2.24) is 5.32 Å². The Kier molecular flexibility index (Phi) is 7.82. The van der Waals surface area contributed by atoms with Gasteiger partial charge in [-0.25, -0.2) is 0 Å². The van der Waals surface area contributed by atoms with Gasteiger partial charge in [-0.3, -0.25) is 4.79 Å². The molecule has 0 rings (SSSR count). The highest BCUT2D eigenvalue weighted by Crippen LogP contribution is 2.21. The van der Waals surface area contributed by atoms with Crippen LogP contribution in [0.25, 0.3) is 0 Å². The fourth-order valence-electron chi connectivity index (χ4n) is 1.50. The van der Waals surface area contributed by atoms with Crippen molar-refractivity contribution in [3.8, 4) is 0 Å². The molecule has 16 heavy (non-hydrogen) atoms. The lowest BCUT2D eigenvalue weighted by Gasteiger charge is -2.24. The maximum atomic E-state index is 11.6. The molecule has 0 aromatic rings. The average Bonchev–Trinajstić information content (AvgIpc) is 2.24. The van der Waals surface area contributed by atoms with Gasteiger partial charge in [0.1, 0.15) is 0 Å². The molecule has 1 N–H and O–H groups in total. The molecule has 0 aromatic heterocycles. The van der Waals surface area contributed by atoms with Crippen molar-refractivity contribution in [2.45, 2.75) is 53.4 Å². The van der Waals surface area contributed by atoms with E-state index in [1.165, 1.54) is 0 Å². The topological polar surface area (TPSA) is 29.1 Å². The maximum absolute atomic E-state index is 11.6. The molecule has 0 aliphatic carbocycles. The van der Waals surface area contributed by atoms with Crippen molar-refractivity contribution in [1.29, 1.82) is 0 Å². The van der Waals surface area contributed by atoms with Crippen molar-refractivity contribution in [3.63, 3.8) is 0 Å². The Labute approximate surface area is 105 Å². The summed E-state index contributed by atoms with van der Waals surface area (Å²) in [5, 5.41) is 3.02. The number of halogens is 1. The predicted molar refractivity (Wildman–Crippen MR) is 70.8 cm³/mol. The van der Waals surface area contributed by atoms with E-state index in [1.54, 1.807) is 0 Å². The second kappa shape index (κ2) is 7.94. The van der Waals surface area contributed by atoms with Crippen LogP contribution in [0.3, 0.4) is 0 Å². The van der Waals surface area contributed by atoms with Gasteiger partial charge in [-0.2, -0.15) is 0 Å². The van der Waals surface area contributed by atoms with Crippen molar-refractivity contribution >= 4 is 17.5 Å². The summed E-state index contributed by atoms with van der Waals surface area (Å²) in [4.78, 5) is 11.6. The third-order valence-electron chi connectivity index (χ3n) is 2.98. The molecule has 1 unspecified atom stereocenters. The average molecular weight is 248 g/mol. The van der Waals surface area contributed by atoms with Crippen molar-refractivity contribution in [2.24, 2.45) is 11.3 Å². The van der Waals surface area contributed by atoms with E-state index in [0.29, 0.717) is 18.2 Å². The number of alkyl halides is 1. The van der Waals surface area contributed by atoms with Gasteiger partial charge in [0.15, 0.2) is 0 Å². The highest BCUT2D eigenvalue weighted by atomic mass is 35.5. The molecule has 1 atom stereocenters. The first-order valence-corrected chi connectivity index (χ1v) is 6.77. The number of carbonyl (C=O) groups excluding carboxylic acids is 1. The number of rotatable bonds is 8. The Morgan fingerprint density at radius 2 is 2.06 bits per heavy atom. The lowest BCUT2D eigenvalue weighted by molar-refractivity contribution is -0.122. The van der Waals surface area contributed by atoms with E-state index in [4.69, 9.17) is 11.6 Å². The molecule has 0 aliphatic heterocycles. The smallest absolute Gasteiger partial charge is 0.220 e.